The van der Waals surface area contributed by atoms with E-state index in [0.717, 1.165) is 22.4 Å². The van der Waals surface area contributed by atoms with Crippen molar-refractivity contribution < 1.29 is 13.9 Å². The number of carbonyl (C=O) groups excluding carboxylic acids is 1. The van der Waals surface area contributed by atoms with Gasteiger partial charge < -0.3 is 10.1 Å². The van der Waals surface area contributed by atoms with E-state index in [4.69, 9.17) is 4.74 Å². The molecule has 0 aliphatic carbocycles. The number of halogens is 1. The highest BCUT2D eigenvalue weighted by atomic mass is 32.1. The van der Waals surface area contributed by atoms with Crippen molar-refractivity contribution in [3.8, 4) is 17.0 Å². The van der Waals surface area contributed by atoms with Gasteiger partial charge in [-0.2, -0.15) is 0 Å². The number of ether oxygens (including phenoxy) is 1. The minimum atomic E-state index is -0.291. The molecule has 5 nitrogen and oxygen atoms in total. The molecule has 0 saturated carbocycles. The topological polar surface area (TPSA) is 54.5 Å². The third-order valence-corrected chi connectivity index (χ3v) is 4.94. The van der Waals surface area contributed by atoms with Gasteiger partial charge in [0.15, 0.2) is 5.13 Å². The van der Waals surface area contributed by atoms with Gasteiger partial charge in [-0.3, -0.25) is 9.69 Å². The summed E-state index contributed by atoms with van der Waals surface area (Å²) >= 11 is 1.34. The van der Waals surface area contributed by atoms with Gasteiger partial charge >= 0.3 is 0 Å². The van der Waals surface area contributed by atoms with Crippen LogP contribution in [-0.4, -0.2) is 36.5 Å². The number of hydrogen-bond donors (Lipinski definition) is 1. The lowest BCUT2D eigenvalue weighted by Gasteiger charge is -2.18. The van der Waals surface area contributed by atoms with Crippen molar-refractivity contribution >= 4 is 22.4 Å². The molecule has 2 aromatic carbocycles. The monoisotopic (exact) mass is 399 g/mol. The van der Waals surface area contributed by atoms with Gasteiger partial charge in [0.05, 0.1) is 19.3 Å². The molecule has 0 atom stereocenters. The average Bonchev–Trinajstić information content (AvgIpc) is 3.10. The van der Waals surface area contributed by atoms with Gasteiger partial charge in [0.2, 0.25) is 5.91 Å². The summed E-state index contributed by atoms with van der Waals surface area (Å²) in [6, 6.07) is 12.1. The number of aryl methyl sites for hydroxylation is 1. The van der Waals surface area contributed by atoms with E-state index < -0.39 is 0 Å². The van der Waals surface area contributed by atoms with E-state index >= 15 is 0 Å². The maximum absolute atomic E-state index is 13.0. The number of nitrogens with one attached hydrogen (secondary N) is 1. The maximum Gasteiger partial charge on any atom is 0.240 e. The fraction of sp³-hybridized carbons (Fsp3) is 0.238. The van der Waals surface area contributed by atoms with Gasteiger partial charge in [0.1, 0.15) is 11.6 Å². The lowest BCUT2D eigenvalue weighted by molar-refractivity contribution is -0.117. The normalized spacial score (nSPS) is 10.9. The summed E-state index contributed by atoms with van der Waals surface area (Å²) in [4.78, 5) is 18.7. The van der Waals surface area contributed by atoms with Gasteiger partial charge in [0, 0.05) is 23.1 Å². The van der Waals surface area contributed by atoms with Crippen LogP contribution in [0.1, 0.15) is 11.1 Å². The van der Waals surface area contributed by atoms with Crippen molar-refractivity contribution in [2.24, 2.45) is 0 Å². The molecule has 1 amide bonds. The van der Waals surface area contributed by atoms with Crippen LogP contribution in [0.25, 0.3) is 11.3 Å². The molecule has 7 heteroatoms. The Morgan fingerprint density at radius 1 is 1.25 bits per heavy atom. The zero-order chi connectivity index (χ0) is 20.1. The summed E-state index contributed by atoms with van der Waals surface area (Å²) in [7, 11) is 3.52. The van der Waals surface area contributed by atoms with Crippen LogP contribution >= 0.6 is 11.3 Å². The quantitative estimate of drug-likeness (QED) is 0.642. The molecule has 0 aliphatic rings. The summed E-state index contributed by atoms with van der Waals surface area (Å²) in [5.74, 6) is 0.372. The first kappa shape index (κ1) is 20.0. The van der Waals surface area contributed by atoms with Crippen LogP contribution < -0.4 is 10.1 Å². The number of benzene rings is 2. The van der Waals surface area contributed by atoms with Crippen molar-refractivity contribution in [2.45, 2.75) is 13.5 Å². The Hall–Kier alpha value is -2.77. The van der Waals surface area contributed by atoms with E-state index in [-0.39, 0.29) is 18.3 Å². The van der Waals surface area contributed by atoms with Crippen molar-refractivity contribution in [1.82, 2.24) is 9.88 Å². The van der Waals surface area contributed by atoms with Crippen LogP contribution in [0.5, 0.6) is 5.75 Å². The third-order valence-electron chi connectivity index (χ3n) is 4.18. The van der Waals surface area contributed by atoms with Crippen LogP contribution in [0.2, 0.25) is 0 Å². The number of hydrogen-bond acceptors (Lipinski definition) is 5. The molecule has 0 saturated heterocycles. The largest absolute Gasteiger partial charge is 0.496 e. The SMILES string of the molecule is COc1ccc(C)cc1CN(C)CC(=O)Nc1nc(-c2ccc(F)cc2)cs1. The highest BCUT2D eigenvalue weighted by Crippen LogP contribution is 2.25. The molecular formula is C21H22FN3O2S. The minimum Gasteiger partial charge on any atom is -0.496 e. The first-order valence-electron chi connectivity index (χ1n) is 8.78. The second kappa shape index (κ2) is 8.95. The highest BCUT2D eigenvalue weighted by molar-refractivity contribution is 7.14. The predicted molar refractivity (Wildman–Crippen MR) is 110 cm³/mol. The Balaban J connectivity index is 1.58. The lowest BCUT2D eigenvalue weighted by Crippen LogP contribution is -2.30. The second-order valence-electron chi connectivity index (χ2n) is 6.58. The second-order valence-corrected chi connectivity index (χ2v) is 7.44. The summed E-state index contributed by atoms with van der Waals surface area (Å²) in [6.07, 6.45) is 0. The molecule has 3 rings (SSSR count). The molecular weight excluding hydrogens is 377 g/mol. The summed E-state index contributed by atoms with van der Waals surface area (Å²) in [6.45, 7) is 2.84. The molecule has 146 valence electrons. The fourth-order valence-electron chi connectivity index (χ4n) is 2.87. The lowest BCUT2D eigenvalue weighted by atomic mass is 10.1. The van der Waals surface area contributed by atoms with Gasteiger partial charge in [-0.05, 0) is 44.3 Å². The Morgan fingerprint density at radius 2 is 2.00 bits per heavy atom. The number of aromatic nitrogens is 1. The van der Waals surface area contributed by atoms with E-state index in [0.29, 0.717) is 17.4 Å². The molecule has 0 fully saturated rings. The Labute approximate surface area is 167 Å². The molecule has 28 heavy (non-hydrogen) atoms. The van der Waals surface area contributed by atoms with Crippen LogP contribution in [0.15, 0.2) is 47.8 Å². The highest BCUT2D eigenvalue weighted by Gasteiger charge is 2.13. The number of anilines is 1. The first-order chi connectivity index (χ1) is 13.4. The van der Waals surface area contributed by atoms with Crippen LogP contribution in [0.3, 0.4) is 0 Å². The Kier molecular flexibility index (Phi) is 6.38. The summed E-state index contributed by atoms with van der Waals surface area (Å²) in [5, 5.41) is 5.18. The van der Waals surface area contributed by atoms with Crippen LogP contribution in [0, 0.1) is 12.7 Å². The zero-order valence-electron chi connectivity index (χ0n) is 16.0. The average molecular weight is 399 g/mol. The molecule has 0 radical (unpaired) electrons. The van der Waals surface area contributed by atoms with Crippen molar-refractivity contribution in [2.75, 3.05) is 26.0 Å². The number of carbonyl (C=O) groups is 1. The number of rotatable bonds is 7. The summed E-state index contributed by atoms with van der Waals surface area (Å²) < 4.78 is 18.4. The van der Waals surface area contributed by atoms with Crippen molar-refractivity contribution in [3.05, 3.63) is 64.8 Å². The standard InChI is InChI=1S/C21H22FN3O2S/c1-14-4-9-19(27-3)16(10-14)11-25(2)12-20(26)24-21-23-18(13-28-21)15-5-7-17(22)8-6-15/h4-10,13H,11-12H2,1-3H3,(H,23,24,26). The van der Waals surface area contributed by atoms with E-state index in [1.165, 1.54) is 23.5 Å². The minimum absolute atomic E-state index is 0.144. The molecule has 1 N–H and O–H groups in total. The van der Waals surface area contributed by atoms with Crippen molar-refractivity contribution in [1.29, 1.82) is 0 Å². The molecule has 0 spiro atoms. The molecule has 3 aromatic rings. The smallest absolute Gasteiger partial charge is 0.240 e. The van der Waals surface area contributed by atoms with E-state index in [2.05, 4.69) is 16.4 Å². The van der Waals surface area contributed by atoms with Crippen LogP contribution in [0.4, 0.5) is 9.52 Å². The van der Waals surface area contributed by atoms with Gasteiger partial charge in [-0.25, -0.2) is 9.37 Å². The summed E-state index contributed by atoms with van der Waals surface area (Å²) in [5.41, 5.74) is 3.69. The number of methoxy groups -OCH3 is 1. The molecule has 0 aliphatic heterocycles. The maximum atomic E-state index is 13.0. The van der Waals surface area contributed by atoms with E-state index in [1.807, 2.05) is 36.4 Å². The third kappa shape index (κ3) is 5.15. The molecule has 1 heterocycles. The molecule has 0 unspecified atom stereocenters. The predicted octanol–water partition coefficient (Wildman–Crippen LogP) is 4.34. The molecule has 0 bridgehead atoms. The fourth-order valence-corrected chi connectivity index (χ4v) is 3.60. The number of amides is 1. The number of thiazole rings is 1. The first-order valence-corrected chi connectivity index (χ1v) is 9.66. The van der Waals surface area contributed by atoms with Gasteiger partial charge in [0.25, 0.3) is 0 Å². The van der Waals surface area contributed by atoms with E-state index in [1.54, 1.807) is 19.2 Å². The van der Waals surface area contributed by atoms with Gasteiger partial charge in [-0.15, -0.1) is 11.3 Å². The Morgan fingerprint density at radius 3 is 2.71 bits per heavy atom. The number of nitrogens with zero attached hydrogens (tertiary/aromatic N) is 2. The van der Waals surface area contributed by atoms with Gasteiger partial charge in [-0.1, -0.05) is 17.7 Å². The van der Waals surface area contributed by atoms with E-state index in [9.17, 15) is 9.18 Å². The zero-order valence-corrected chi connectivity index (χ0v) is 16.8. The van der Waals surface area contributed by atoms with Crippen LogP contribution in [-0.2, 0) is 11.3 Å². The van der Waals surface area contributed by atoms with Crippen molar-refractivity contribution in [3.63, 3.8) is 0 Å². The Bertz CT molecular complexity index is 957. The molecule has 1 aromatic heterocycles. The number of likely N-dealkylation sites (N-methyl/N-ethyl adjacent to an activating group) is 1.